The first kappa shape index (κ1) is 15.9. The molecule has 4 aromatic rings. The first-order chi connectivity index (χ1) is 12.2. The van der Waals surface area contributed by atoms with Gasteiger partial charge in [0.05, 0.1) is 18.6 Å². The maximum atomic E-state index is 12.2. The van der Waals surface area contributed by atoms with Gasteiger partial charge in [-0.3, -0.25) is 4.79 Å². The maximum absolute atomic E-state index is 12.2. The molecule has 0 fully saturated rings. The van der Waals surface area contributed by atoms with Crippen LogP contribution in [-0.4, -0.2) is 29.0 Å². The number of thioether (sulfide) groups is 1. The van der Waals surface area contributed by atoms with Crippen LogP contribution >= 0.6 is 23.1 Å². The fraction of sp³-hybridized carbons (Fsp3) is 0.118. The molecule has 126 valence electrons. The van der Waals surface area contributed by atoms with Crippen LogP contribution in [0.2, 0.25) is 0 Å². The molecule has 6 nitrogen and oxygen atoms in total. The number of fused-ring (bicyclic) bond motifs is 3. The second-order valence-corrected chi connectivity index (χ2v) is 7.24. The van der Waals surface area contributed by atoms with Crippen molar-refractivity contribution in [2.45, 2.75) is 4.34 Å². The number of amides is 1. The number of nitrogens with zero attached hydrogens (tertiary/aromatic N) is 2. The molecule has 25 heavy (non-hydrogen) atoms. The van der Waals surface area contributed by atoms with Crippen molar-refractivity contribution in [3.05, 3.63) is 41.9 Å². The van der Waals surface area contributed by atoms with Gasteiger partial charge in [-0.1, -0.05) is 41.3 Å². The van der Waals surface area contributed by atoms with Gasteiger partial charge >= 0.3 is 0 Å². The van der Waals surface area contributed by atoms with Gasteiger partial charge in [-0.15, -0.1) is 10.2 Å². The van der Waals surface area contributed by atoms with Crippen molar-refractivity contribution < 1.29 is 13.9 Å². The van der Waals surface area contributed by atoms with Crippen LogP contribution in [0.1, 0.15) is 0 Å². The summed E-state index contributed by atoms with van der Waals surface area (Å²) in [7, 11) is 1.58. The molecular weight excluding hydrogens is 358 g/mol. The maximum Gasteiger partial charge on any atom is 0.234 e. The van der Waals surface area contributed by atoms with Crippen LogP contribution in [0.15, 0.2) is 50.7 Å². The van der Waals surface area contributed by atoms with Crippen molar-refractivity contribution in [1.29, 1.82) is 0 Å². The molecule has 2 aromatic heterocycles. The quantitative estimate of drug-likeness (QED) is 0.530. The Morgan fingerprint density at radius 1 is 1.28 bits per heavy atom. The number of carbonyl (C=O) groups is 1. The molecule has 2 heterocycles. The SMILES string of the molecule is COc1cc2c(cc1NC(=O)CSc1nncs1)oc1ccccc12. The molecule has 0 radical (unpaired) electrons. The number of hydrogen-bond acceptors (Lipinski definition) is 7. The second kappa shape index (κ2) is 6.73. The predicted octanol–water partition coefficient (Wildman–Crippen LogP) is 4.18. The van der Waals surface area contributed by atoms with Crippen LogP contribution < -0.4 is 10.1 Å². The lowest BCUT2D eigenvalue weighted by molar-refractivity contribution is -0.113. The predicted molar refractivity (Wildman–Crippen MR) is 99.5 cm³/mol. The lowest BCUT2D eigenvalue weighted by atomic mass is 10.1. The molecule has 0 aliphatic carbocycles. The van der Waals surface area contributed by atoms with Crippen LogP contribution in [0.5, 0.6) is 5.75 Å². The number of aromatic nitrogens is 2. The summed E-state index contributed by atoms with van der Waals surface area (Å²) in [5.74, 6) is 0.693. The van der Waals surface area contributed by atoms with E-state index in [1.54, 1.807) is 18.7 Å². The fourth-order valence-electron chi connectivity index (χ4n) is 2.56. The van der Waals surface area contributed by atoms with E-state index in [2.05, 4.69) is 15.5 Å². The lowest BCUT2D eigenvalue weighted by Crippen LogP contribution is -2.14. The van der Waals surface area contributed by atoms with E-state index in [0.29, 0.717) is 17.0 Å². The molecule has 0 spiro atoms. The van der Waals surface area contributed by atoms with E-state index >= 15 is 0 Å². The fourth-order valence-corrected chi connectivity index (χ4v) is 3.85. The zero-order valence-electron chi connectivity index (χ0n) is 13.2. The number of furan rings is 1. The minimum absolute atomic E-state index is 0.144. The Kier molecular flexibility index (Phi) is 4.29. The molecule has 4 rings (SSSR count). The van der Waals surface area contributed by atoms with Crippen molar-refractivity contribution in [3.8, 4) is 5.75 Å². The largest absolute Gasteiger partial charge is 0.495 e. The van der Waals surface area contributed by atoms with Crippen LogP contribution in [0, 0.1) is 0 Å². The molecule has 0 unspecified atom stereocenters. The highest BCUT2D eigenvalue weighted by Gasteiger charge is 2.14. The molecule has 2 aromatic carbocycles. The van der Waals surface area contributed by atoms with Crippen molar-refractivity contribution in [1.82, 2.24) is 10.2 Å². The van der Waals surface area contributed by atoms with Crippen LogP contribution in [0.3, 0.4) is 0 Å². The number of benzene rings is 2. The van der Waals surface area contributed by atoms with E-state index in [9.17, 15) is 4.79 Å². The van der Waals surface area contributed by atoms with Gasteiger partial charge in [0.2, 0.25) is 5.91 Å². The number of ether oxygens (including phenoxy) is 1. The minimum Gasteiger partial charge on any atom is -0.495 e. The summed E-state index contributed by atoms with van der Waals surface area (Å²) in [4.78, 5) is 12.2. The highest BCUT2D eigenvalue weighted by atomic mass is 32.2. The van der Waals surface area contributed by atoms with Gasteiger partial charge in [0, 0.05) is 16.8 Å². The van der Waals surface area contributed by atoms with Crippen molar-refractivity contribution >= 4 is 56.6 Å². The third kappa shape index (κ3) is 3.18. The first-order valence-corrected chi connectivity index (χ1v) is 9.29. The van der Waals surface area contributed by atoms with Gasteiger partial charge in [-0.2, -0.15) is 0 Å². The Labute approximate surface area is 151 Å². The highest BCUT2D eigenvalue weighted by molar-refractivity contribution is 8.01. The average molecular weight is 371 g/mol. The summed E-state index contributed by atoms with van der Waals surface area (Å²) < 4.78 is 12.1. The standard InChI is InChI=1S/C17H13N3O3S2/c1-22-15-6-11-10-4-2-3-5-13(10)23-14(11)7-12(15)19-16(21)8-24-17-20-18-9-25-17/h2-7,9H,8H2,1H3,(H,19,21). The summed E-state index contributed by atoms with van der Waals surface area (Å²) in [6, 6.07) is 11.5. The zero-order chi connectivity index (χ0) is 17.2. The van der Waals surface area contributed by atoms with Crippen LogP contribution in [0.25, 0.3) is 21.9 Å². The number of hydrogen-bond donors (Lipinski definition) is 1. The van der Waals surface area contributed by atoms with Crippen molar-refractivity contribution in [3.63, 3.8) is 0 Å². The monoisotopic (exact) mass is 371 g/mol. The van der Waals surface area contributed by atoms with E-state index in [0.717, 1.165) is 20.7 Å². The number of rotatable bonds is 5. The van der Waals surface area contributed by atoms with E-state index < -0.39 is 0 Å². The Hall–Kier alpha value is -2.58. The highest BCUT2D eigenvalue weighted by Crippen LogP contribution is 2.36. The molecule has 1 amide bonds. The Morgan fingerprint density at radius 2 is 2.16 bits per heavy atom. The van der Waals surface area contributed by atoms with Gasteiger partial charge in [0.25, 0.3) is 0 Å². The normalized spacial score (nSPS) is 11.1. The molecule has 0 saturated carbocycles. The van der Waals surface area contributed by atoms with Gasteiger partial charge in [0.1, 0.15) is 22.4 Å². The molecule has 0 aliphatic rings. The van der Waals surface area contributed by atoms with Crippen LogP contribution in [-0.2, 0) is 4.79 Å². The first-order valence-electron chi connectivity index (χ1n) is 7.42. The number of anilines is 1. The third-order valence-corrected chi connectivity index (χ3v) is 5.50. The average Bonchev–Trinajstić information content (AvgIpc) is 3.26. The summed E-state index contributed by atoms with van der Waals surface area (Å²) in [6.45, 7) is 0. The molecule has 0 atom stereocenters. The Morgan fingerprint density at radius 3 is 2.96 bits per heavy atom. The molecule has 0 aliphatic heterocycles. The third-order valence-electron chi connectivity index (χ3n) is 3.64. The smallest absolute Gasteiger partial charge is 0.234 e. The summed E-state index contributed by atoms with van der Waals surface area (Å²) in [6.07, 6.45) is 0. The lowest BCUT2D eigenvalue weighted by Gasteiger charge is -2.10. The summed E-state index contributed by atoms with van der Waals surface area (Å²) in [5, 5.41) is 12.5. The molecular formula is C17H13N3O3S2. The Bertz CT molecular complexity index is 1040. The van der Waals surface area contributed by atoms with Gasteiger partial charge in [0.15, 0.2) is 4.34 Å². The topological polar surface area (TPSA) is 77.2 Å². The number of carbonyl (C=O) groups excluding carboxylic acids is 1. The number of nitrogens with one attached hydrogen (secondary N) is 1. The van der Waals surface area contributed by atoms with E-state index in [1.807, 2.05) is 30.3 Å². The Balaban J connectivity index is 1.61. The summed E-state index contributed by atoms with van der Waals surface area (Å²) in [5.41, 5.74) is 3.72. The zero-order valence-corrected chi connectivity index (χ0v) is 14.8. The second-order valence-electron chi connectivity index (χ2n) is 5.19. The van der Waals surface area contributed by atoms with Gasteiger partial charge in [-0.05, 0) is 12.1 Å². The number of methoxy groups -OCH3 is 1. The summed E-state index contributed by atoms with van der Waals surface area (Å²) >= 11 is 2.75. The number of para-hydroxylation sites is 1. The molecule has 0 saturated heterocycles. The van der Waals surface area contributed by atoms with E-state index in [-0.39, 0.29) is 11.7 Å². The van der Waals surface area contributed by atoms with Gasteiger partial charge < -0.3 is 14.5 Å². The van der Waals surface area contributed by atoms with Gasteiger partial charge in [-0.25, -0.2) is 0 Å². The van der Waals surface area contributed by atoms with Crippen molar-refractivity contribution in [2.75, 3.05) is 18.2 Å². The molecule has 0 bridgehead atoms. The minimum atomic E-state index is -0.144. The van der Waals surface area contributed by atoms with E-state index in [4.69, 9.17) is 9.15 Å². The molecule has 1 N–H and O–H groups in total. The van der Waals surface area contributed by atoms with Crippen molar-refractivity contribution in [2.24, 2.45) is 0 Å². The van der Waals surface area contributed by atoms with Crippen LogP contribution in [0.4, 0.5) is 5.69 Å². The molecule has 8 heteroatoms. The van der Waals surface area contributed by atoms with E-state index in [1.165, 1.54) is 23.1 Å².